The van der Waals surface area contributed by atoms with E-state index in [1.807, 2.05) is 48.7 Å². The van der Waals surface area contributed by atoms with Crippen LogP contribution in [0, 0.1) is 0 Å². The summed E-state index contributed by atoms with van der Waals surface area (Å²) in [4.78, 5) is 25.6. The summed E-state index contributed by atoms with van der Waals surface area (Å²) in [6.45, 7) is 7.03. The molecule has 1 fully saturated rings. The van der Waals surface area contributed by atoms with E-state index in [1.165, 1.54) is 0 Å². The molecule has 0 bridgehead atoms. The number of nitrogens with one attached hydrogen (secondary N) is 2. The molecule has 1 aliphatic rings. The molecule has 8 heteroatoms. The molecule has 0 atom stereocenters. The second-order valence-electron chi connectivity index (χ2n) is 6.61. The normalized spacial score (nSPS) is 14.2. The lowest BCUT2D eigenvalue weighted by atomic mass is 10.1. The highest BCUT2D eigenvalue weighted by Gasteiger charge is 2.20. The first-order valence-electron chi connectivity index (χ1n) is 9.71. The number of rotatable bonds is 5. The Kier molecular flexibility index (Phi) is 9.17. The van der Waals surface area contributed by atoms with Crippen molar-refractivity contribution in [2.24, 2.45) is 4.99 Å². The molecule has 156 valence electrons. The van der Waals surface area contributed by atoms with Crippen molar-refractivity contribution in [1.29, 1.82) is 0 Å². The van der Waals surface area contributed by atoms with Crippen molar-refractivity contribution in [1.82, 2.24) is 20.5 Å². The number of amides is 1. The summed E-state index contributed by atoms with van der Waals surface area (Å²) >= 11 is 0. The lowest BCUT2D eigenvalue weighted by Crippen LogP contribution is -2.52. The summed E-state index contributed by atoms with van der Waals surface area (Å²) < 4.78 is 0. The van der Waals surface area contributed by atoms with Crippen molar-refractivity contribution >= 4 is 41.7 Å². The van der Waals surface area contributed by atoms with Crippen LogP contribution in [0.15, 0.2) is 53.7 Å². The van der Waals surface area contributed by atoms with E-state index in [1.54, 1.807) is 7.05 Å². The smallest absolute Gasteiger partial charge is 0.251 e. The molecule has 1 aromatic heterocycles. The monoisotopic (exact) mass is 508 g/mol. The molecule has 1 amide bonds. The van der Waals surface area contributed by atoms with Crippen molar-refractivity contribution in [3.63, 3.8) is 0 Å². The van der Waals surface area contributed by atoms with Gasteiger partial charge in [-0.1, -0.05) is 18.2 Å². The number of hydrogen-bond acceptors (Lipinski definition) is 4. The van der Waals surface area contributed by atoms with Crippen LogP contribution in [0.1, 0.15) is 22.8 Å². The summed E-state index contributed by atoms with van der Waals surface area (Å²) in [6, 6.07) is 13.6. The van der Waals surface area contributed by atoms with Gasteiger partial charge < -0.3 is 20.4 Å². The number of piperazine rings is 1. The predicted molar refractivity (Wildman–Crippen MR) is 128 cm³/mol. The molecule has 0 unspecified atom stereocenters. The Morgan fingerprint density at radius 3 is 2.59 bits per heavy atom. The average molecular weight is 508 g/mol. The molecule has 0 spiro atoms. The lowest BCUT2D eigenvalue weighted by Gasteiger charge is -2.37. The number of carbonyl (C=O) groups excluding carboxylic acids is 1. The van der Waals surface area contributed by atoms with Gasteiger partial charge in [-0.2, -0.15) is 0 Å². The maximum atomic E-state index is 11.8. The third-order valence-electron chi connectivity index (χ3n) is 4.72. The van der Waals surface area contributed by atoms with E-state index in [0.29, 0.717) is 12.1 Å². The fraction of sp³-hybridized carbons (Fsp3) is 0.381. The standard InChI is InChI=1S/C21H28N6O.HI/c1-3-23-21(25-16-17-7-6-8-18(15-17)20(28)22-2)27-13-11-26(12-14-27)19-9-4-5-10-24-19;/h4-10,15H,3,11-14,16H2,1-2H3,(H,22,28)(H,23,25);1H. The van der Waals surface area contributed by atoms with Gasteiger partial charge in [0.15, 0.2) is 5.96 Å². The first-order valence-corrected chi connectivity index (χ1v) is 9.71. The molecule has 1 aliphatic heterocycles. The van der Waals surface area contributed by atoms with Gasteiger partial charge in [0.1, 0.15) is 5.82 Å². The summed E-state index contributed by atoms with van der Waals surface area (Å²) in [5, 5.41) is 6.05. The molecule has 0 radical (unpaired) electrons. The Labute approximate surface area is 189 Å². The molecule has 3 rings (SSSR count). The zero-order chi connectivity index (χ0) is 19.8. The Morgan fingerprint density at radius 1 is 1.14 bits per heavy atom. The predicted octanol–water partition coefficient (Wildman–Crippen LogP) is 2.35. The Bertz CT molecular complexity index is 806. The fourth-order valence-corrected chi connectivity index (χ4v) is 3.24. The lowest BCUT2D eigenvalue weighted by molar-refractivity contribution is 0.0963. The summed E-state index contributed by atoms with van der Waals surface area (Å²) in [5.41, 5.74) is 1.67. The number of aliphatic imine (C=N–C) groups is 1. The zero-order valence-electron chi connectivity index (χ0n) is 17.0. The topological polar surface area (TPSA) is 72.9 Å². The second-order valence-corrected chi connectivity index (χ2v) is 6.61. The van der Waals surface area contributed by atoms with Gasteiger partial charge >= 0.3 is 0 Å². The molecule has 1 saturated heterocycles. The molecule has 0 aliphatic carbocycles. The van der Waals surface area contributed by atoms with E-state index in [4.69, 9.17) is 4.99 Å². The number of hydrogen-bond donors (Lipinski definition) is 2. The van der Waals surface area contributed by atoms with E-state index in [2.05, 4.69) is 32.3 Å². The molecular weight excluding hydrogens is 479 g/mol. The number of aromatic nitrogens is 1. The van der Waals surface area contributed by atoms with Gasteiger partial charge in [-0.05, 0) is 36.8 Å². The summed E-state index contributed by atoms with van der Waals surface area (Å²) in [7, 11) is 1.64. The van der Waals surface area contributed by atoms with Crippen molar-refractivity contribution < 1.29 is 4.79 Å². The number of guanidine groups is 1. The van der Waals surface area contributed by atoms with Crippen LogP contribution in [-0.4, -0.2) is 61.5 Å². The number of carbonyl (C=O) groups is 1. The van der Waals surface area contributed by atoms with E-state index in [-0.39, 0.29) is 29.9 Å². The first-order chi connectivity index (χ1) is 13.7. The minimum Gasteiger partial charge on any atom is -0.357 e. The molecule has 2 N–H and O–H groups in total. The van der Waals surface area contributed by atoms with E-state index >= 15 is 0 Å². The Morgan fingerprint density at radius 2 is 1.93 bits per heavy atom. The van der Waals surface area contributed by atoms with E-state index < -0.39 is 0 Å². The molecule has 2 heterocycles. The number of halogens is 1. The molecule has 29 heavy (non-hydrogen) atoms. The van der Waals surface area contributed by atoms with Crippen molar-refractivity contribution in [2.75, 3.05) is 44.7 Å². The van der Waals surface area contributed by atoms with Crippen LogP contribution in [0.4, 0.5) is 5.82 Å². The van der Waals surface area contributed by atoms with Crippen molar-refractivity contribution in [3.05, 3.63) is 59.8 Å². The zero-order valence-corrected chi connectivity index (χ0v) is 19.3. The maximum absolute atomic E-state index is 11.8. The summed E-state index contributed by atoms with van der Waals surface area (Å²) in [6.07, 6.45) is 1.83. The third-order valence-corrected chi connectivity index (χ3v) is 4.72. The van der Waals surface area contributed by atoms with E-state index in [0.717, 1.165) is 50.1 Å². The van der Waals surface area contributed by atoms with Gasteiger partial charge in [0.2, 0.25) is 0 Å². The minimum absolute atomic E-state index is 0. The number of nitrogens with zero attached hydrogens (tertiary/aromatic N) is 4. The van der Waals surface area contributed by atoms with Gasteiger partial charge in [0, 0.05) is 51.5 Å². The van der Waals surface area contributed by atoms with Crippen molar-refractivity contribution in [2.45, 2.75) is 13.5 Å². The van der Waals surface area contributed by atoms with Crippen LogP contribution in [0.5, 0.6) is 0 Å². The van der Waals surface area contributed by atoms with Gasteiger partial charge in [0.25, 0.3) is 5.91 Å². The minimum atomic E-state index is -0.0802. The summed E-state index contributed by atoms with van der Waals surface area (Å²) in [5.74, 6) is 1.85. The van der Waals surface area contributed by atoms with Gasteiger partial charge in [0.05, 0.1) is 6.54 Å². The third kappa shape index (κ3) is 6.31. The molecule has 0 saturated carbocycles. The van der Waals surface area contributed by atoms with Crippen LogP contribution in [0.2, 0.25) is 0 Å². The molecule has 2 aromatic rings. The average Bonchev–Trinajstić information content (AvgIpc) is 2.77. The number of anilines is 1. The van der Waals surface area contributed by atoms with Gasteiger partial charge in [-0.25, -0.2) is 9.98 Å². The fourth-order valence-electron chi connectivity index (χ4n) is 3.24. The largest absolute Gasteiger partial charge is 0.357 e. The van der Waals surface area contributed by atoms with Gasteiger partial charge in [-0.15, -0.1) is 24.0 Å². The number of benzene rings is 1. The Hall–Kier alpha value is -2.36. The SMILES string of the molecule is CCNC(=NCc1cccc(C(=O)NC)c1)N1CCN(c2ccccn2)CC1.I. The highest BCUT2D eigenvalue weighted by Crippen LogP contribution is 2.13. The van der Waals surface area contributed by atoms with Crippen LogP contribution >= 0.6 is 24.0 Å². The quantitative estimate of drug-likeness (QED) is 0.369. The van der Waals surface area contributed by atoms with Crippen LogP contribution in [0.25, 0.3) is 0 Å². The Balaban J connectivity index is 0.00000300. The van der Waals surface area contributed by atoms with Gasteiger partial charge in [-0.3, -0.25) is 4.79 Å². The molecule has 7 nitrogen and oxygen atoms in total. The van der Waals surface area contributed by atoms with E-state index in [9.17, 15) is 4.79 Å². The second kappa shape index (κ2) is 11.6. The first kappa shape index (κ1) is 22.9. The number of pyridine rings is 1. The molecule has 1 aromatic carbocycles. The van der Waals surface area contributed by atoms with Crippen LogP contribution < -0.4 is 15.5 Å². The van der Waals surface area contributed by atoms with Crippen LogP contribution in [0.3, 0.4) is 0 Å². The van der Waals surface area contributed by atoms with Crippen LogP contribution in [-0.2, 0) is 6.54 Å². The maximum Gasteiger partial charge on any atom is 0.251 e. The molecular formula is C21H29IN6O. The van der Waals surface area contributed by atoms with Crippen molar-refractivity contribution in [3.8, 4) is 0 Å². The highest BCUT2D eigenvalue weighted by atomic mass is 127. The highest BCUT2D eigenvalue weighted by molar-refractivity contribution is 14.0.